The lowest BCUT2D eigenvalue weighted by atomic mass is 9.95. The Morgan fingerprint density at radius 1 is 1.08 bits per heavy atom. The largest absolute Gasteiger partial charge is 0.491 e. The first kappa shape index (κ1) is 15.3. The molecule has 0 aromatic carbocycles. The lowest BCUT2D eigenvalue weighted by molar-refractivity contribution is 0.0690. The average Bonchev–Trinajstić information content (AvgIpc) is 2.60. The van der Waals surface area contributed by atoms with Gasteiger partial charge in [-0.2, -0.15) is 0 Å². The number of ketones is 2. The summed E-state index contributed by atoms with van der Waals surface area (Å²) in [5.41, 5.74) is 5.65. The molecule has 1 aliphatic rings. The minimum atomic E-state index is -1.18. The quantitative estimate of drug-likeness (QED) is 0.855. The Morgan fingerprint density at radius 3 is 2.46 bits per heavy atom. The number of carboxylic acids is 1. The molecule has 3 N–H and O–H groups in total. The maximum Gasteiger partial charge on any atom is 0.354 e. The van der Waals surface area contributed by atoms with Crippen LogP contribution in [0.5, 0.6) is 0 Å². The minimum absolute atomic E-state index is 0.0733. The Hall–Kier alpha value is -3.55. The van der Waals surface area contributed by atoms with Crippen LogP contribution in [0.3, 0.4) is 0 Å². The summed E-state index contributed by atoms with van der Waals surface area (Å²) in [6, 6.07) is 7.29. The molecule has 24 heavy (non-hydrogen) atoms. The van der Waals surface area contributed by atoms with Crippen molar-refractivity contribution in [1.29, 1.82) is 0 Å². The van der Waals surface area contributed by atoms with Crippen molar-refractivity contribution >= 4 is 17.5 Å². The van der Waals surface area contributed by atoms with Crippen molar-refractivity contribution < 1.29 is 24.2 Å². The third kappa shape index (κ3) is 2.30. The highest BCUT2D eigenvalue weighted by Crippen LogP contribution is 2.26. The van der Waals surface area contributed by atoms with E-state index in [-0.39, 0.29) is 39.8 Å². The van der Waals surface area contributed by atoms with E-state index in [2.05, 4.69) is 9.97 Å². The summed E-state index contributed by atoms with van der Waals surface area (Å²) in [6.45, 7) is 0. The summed E-state index contributed by atoms with van der Waals surface area (Å²) in [5, 5.41) is 9.00. The van der Waals surface area contributed by atoms with Crippen molar-refractivity contribution in [2.24, 2.45) is 5.73 Å². The number of allylic oxidation sites excluding steroid dienone is 2. The predicted molar refractivity (Wildman–Crippen MR) is 81.3 cm³/mol. The van der Waals surface area contributed by atoms with E-state index < -0.39 is 17.5 Å². The lowest BCUT2D eigenvalue weighted by Crippen LogP contribution is -2.28. The fourth-order valence-electron chi connectivity index (χ4n) is 2.33. The van der Waals surface area contributed by atoms with E-state index in [0.29, 0.717) is 0 Å². The zero-order valence-corrected chi connectivity index (χ0v) is 12.4. The zero-order chi connectivity index (χ0) is 17.4. The number of ether oxygens (including phenoxy) is 1. The molecule has 0 unspecified atom stereocenters. The van der Waals surface area contributed by atoms with Crippen LogP contribution >= 0.6 is 0 Å². The van der Waals surface area contributed by atoms with Gasteiger partial charge in [0, 0.05) is 0 Å². The molecule has 0 atom stereocenters. The second-order valence-electron chi connectivity index (χ2n) is 4.91. The first-order chi connectivity index (χ1) is 11.4. The fourth-order valence-corrected chi connectivity index (χ4v) is 2.33. The van der Waals surface area contributed by atoms with Gasteiger partial charge in [-0.3, -0.25) is 9.59 Å². The number of nitrogens with two attached hydrogens (primary N) is 1. The third-order valence-electron chi connectivity index (χ3n) is 3.49. The molecule has 1 aliphatic carbocycles. The van der Waals surface area contributed by atoms with E-state index in [9.17, 15) is 14.4 Å². The van der Waals surface area contributed by atoms with Crippen LogP contribution in [-0.2, 0) is 4.74 Å². The molecule has 0 bridgehead atoms. The highest BCUT2D eigenvalue weighted by Gasteiger charge is 2.33. The van der Waals surface area contributed by atoms with E-state index >= 15 is 0 Å². The molecule has 0 radical (unpaired) electrons. The molecule has 0 amide bonds. The summed E-state index contributed by atoms with van der Waals surface area (Å²) in [6.07, 6.45) is 0. The van der Waals surface area contributed by atoms with Crippen LogP contribution in [0.1, 0.15) is 31.3 Å². The molecule has 0 saturated carbocycles. The van der Waals surface area contributed by atoms with Gasteiger partial charge in [-0.05, 0) is 24.3 Å². The number of nitrogens with zero attached hydrogens (tertiary/aromatic N) is 2. The zero-order valence-electron chi connectivity index (χ0n) is 12.4. The van der Waals surface area contributed by atoms with Gasteiger partial charge in [0.05, 0.1) is 24.1 Å². The van der Waals surface area contributed by atoms with Gasteiger partial charge in [-0.25, -0.2) is 14.8 Å². The molecule has 0 saturated heterocycles. The monoisotopic (exact) mass is 325 g/mol. The standard InChI is InChI=1S/C16H11N3O5/c1-24-15-11(17)14(21)12-7(13(15)20)5-6-9(19-12)8-3-2-4-10(18-8)16(22)23/h2-6H,17H2,1H3,(H,22,23). The molecule has 0 aliphatic heterocycles. The second kappa shape index (κ2) is 5.58. The SMILES string of the molecule is COC1=C(N)C(=O)c2nc(-c3cccc(C(=O)O)n3)ccc2C1=O. The Morgan fingerprint density at radius 2 is 1.79 bits per heavy atom. The number of carbonyl (C=O) groups is 3. The predicted octanol–water partition coefficient (Wildman–Crippen LogP) is 1.04. The summed E-state index contributed by atoms with van der Waals surface area (Å²) in [4.78, 5) is 43.6. The molecule has 2 aromatic rings. The molecule has 2 aromatic heterocycles. The number of methoxy groups -OCH3 is 1. The molecule has 8 nitrogen and oxygen atoms in total. The molecule has 2 heterocycles. The van der Waals surface area contributed by atoms with Crippen LogP contribution in [0.4, 0.5) is 0 Å². The van der Waals surface area contributed by atoms with E-state index in [1.165, 1.54) is 31.4 Å². The van der Waals surface area contributed by atoms with Crippen LogP contribution in [0.2, 0.25) is 0 Å². The van der Waals surface area contributed by atoms with Crippen LogP contribution < -0.4 is 5.73 Å². The fraction of sp³-hybridized carbons (Fsp3) is 0.0625. The van der Waals surface area contributed by atoms with Crippen molar-refractivity contribution in [2.75, 3.05) is 7.11 Å². The van der Waals surface area contributed by atoms with Crippen LogP contribution in [0.25, 0.3) is 11.4 Å². The van der Waals surface area contributed by atoms with Gasteiger partial charge < -0.3 is 15.6 Å². The number of hydrogen-bond acceptors (Lipinski definition) is 7. The summed E-state index contributed by atoms with van der Waals surface area (Å²) in [5.74, 6) is -2.56. The number of fused-ring (bicyclic) bond motifs is 1. The molecular formula is C16H11N3O5. The second-order valence-corrected chi connectivity index (χ2v) is 4.91. The number of hydrogen-bond donors (Lipinski definition) is 2. The van der Waals surface area contributed by atoms with Gasteiger partial charge in [0.2, 0.25) is 11.6 Å². The summed E-state index contributed by atoms with van der Waals surface area (Å²) >= 11 is 0. The van der Waals surface area contributed by atoms with E-state index in [4.69, 9.17) is 15.6 Å². The number of aromatic nitrogens is 2. The number of aromatic carboxylic acids is 1. The maximum atomic E-state index is 12.3. The van der Waals surface area contributed by atoms with Crippen LogP contribution in [-0.4, -0.2) is 39.7 Å². The molecule has 3 rings (SSSR count). The van der Waals surface area contributed by atoms with Gasteiger partial charge in [-0.1, -0.05) is 6.07 Å². The average molecular weight is 325 g/mol. The van der Waals surface area contributed by atoms with Crippen molar-refractivity contribution in [3.8, 4) is 11.4 Å². The Kier molecular flexibility index (Phi) is 3.57. The Bertz CT molecular complexity index is 933. The van der Waals surface area contributed by atoms with Gasteiger partial charge in [0.25, 0.3) is 0 Å². The van der Waals surface area contributed by atoms with Crippen molar-refractivity contribution in [3.63, 3.8) is 0 Å². The molecule has 120 valence electrons. The van der Waals surface area contributed by atoms with Gasteiger partial charge in [0.1, 0.15) is 17.1 Å². The van der Waals surface area contributed by atoms with Crippen molar-refractivity contribution in [1.82, 2.24) is 9.97 Å². The number of Topliss-reactive ketones (excluding diaryl/α,β-unsaturated/α-hetero) is 2. The summed E-state index contributed by atoms with van der Waals surface area (Å²) in [7, 11) is 1.25. The number of carboxylic acid groups (broad SMARTS) is 1. The minimum Gasteiger partial charge on any atom is -0.491 e. The molecule has 8 heteroatoms. The van der Waals surface area contributed by atoms with Gasteiger partial charge in [0.15, 0.2) is 5.76 Å². The third-order valence-corrected chi connectivity index (χ3v) is 3.49. The molecule has 0 spiro atoms. The first-order valence-corrected chi connectivity index (χ1v) is 6.79. The number of rotatable bonds is 3. The van der Waals surface area contributed by atoms with Crippen LogP contribution in [0, 0.1) is 0 Å². The van der Waals surface area contributed by atoms with Crippen LogP contribution in [0.15, 0.2) is 41.8 Å². The normalized spacial score (nSPS) is 13.7. The Balaban J connectivity index is 2.13. The molecule has 0 fully saturated rings. The highest BCUT2D eigenvalue weighted by atomic mass is 16.5. The van der Waals surface area contributed by atoms with E-state index in [0.717, 1.165) is 0 Å². The number of carbonyl (C=O) groups excluding carboxylic acids is 2. The topological polar surface area (TPSA) is 132 Å². The van der Waals surface area contributed by atoms with E-state index in [1.807, 2.05) is 0 Å². The lowest BCUT2D eigenvalue weighted by Gasteiger charge is -2.17. The van der Waals surface area contributed by atoms with Gasteiger partial charge >= 0.3 is 5.97 Å². The van der Waals surface area contributed by atoms with E-state index in [1.54, 1.807) is 6.07 Å². The summed E-state index contributed by atoms with van der Waals surface area (Å²) < 4.78 is 4.88. The first-order valence-electron chi connectivity index (χ1n) is 6.79. The van der Waals surface area contributed by atoms with Gasteiger partial charge in [-0.15, -0.1) is 0 Å². The maximum absolute atomic E-state index is 12.3. The smallest absolute Gasteiger partial charge is 0.354 e. The van der Waals surface area contributed by atoms with Crippen molar-refractivity contribution in [3.05, 3.63) is 58.7 Å². The highest BCUT2D eigenvalue weighted by molar-refractivity contribution is 6.25. The molecular weight excluding hydrogens is 314 g/mol. The number of pyridine rings is 2. The van der Waals surface area contributed by atoms with Crippen molar-refractivity contribution in [2.45, 2.75) is 0 Å². The Labute approximate surface area is 135 Å².